The van der Waals surface area contributed by atoms with E-state index in [2.05, 4.69) is 31.3 Å². The number of allylic oxidation sites excluding steroid dienone is 2. The monoisotopic (exact) mass is 801 g/mol. The van der Waals surface area contributed by atoms with Gasteiger partial charge in [-0.1, -0.05) is 193 Å². The maximum Gasteiger partial charge on any atom is 0.268 e. The molecule has 2 N–H and O–H groups in total. The molecule has 9 heteroatoms. The van der Waals surface area contributed by atoms with E-state index in [0.717, 1.165) is 38.5 Å². The molecular formula is C46H93N2O6P. The number of amides is 1. The van der Waals surface area contributed by atoms with Crippen molar-refractivity contribution in [1.29, 1.82) is 0 Å². The van der Waals surface area contributed by atoms with Crippen molar-refractivity contribution in [3.05, 3.63) is 12.2 Å². The Morgan fingerprint density at radius 2 is 1.00 bits per heavy atom. The molecule has 0 aromatic heterocycles. The molecule has 3 unspecified atom stereocenters. The van der Waals surface area contributed by atoms with Gasteiger partial charge in [0.15, 0.2) is 0 Å². The van der Waals surface area contributed by atoms with Crippen LogP contribution < -0.4 is 10.2 Å². The topological polar surface area (TPSA) is 108 Å². The fourth-order valence-corrected chi connectivity index (χ4v) is 7.70. The minimum Gasteiger partial charge on any atom is -0.756 e. The van der Waals surface area contributed by atoms with Crippen LogP contribution in [0.25, 0.3) is 0 Å². The zero-order chi connectivity index (χ0) is 40.7. The molecule has 0 heterocycles. The van der Waals surface area contributed by atoms with Crippen molar-refractivity contribution in [2.24, 2.45) is 0 Å². The molecule has 0 radical (unpaired) electrons. The van der Waals surface area contributed by atoms with Crippen molar-refractivity contribution in [1.82, 2.24) is 5.32 Å². The van der Waals surface area contributed by atoms with Crippen LogP contribution in [0.5, 0.6) is 0 Å². The van der Waals surface area contributed by atoms with Crippen LogP contribution in [0.3, 0.4) is 0 Å². The highest BCUT2D eigenvalue weighted by Crippen LogP contribution is 2.38. The Hall–Kier alpha value is -0.760. The highest BCUT2D eigenvalue weighted by atomic mass is 31.2. The Kier molecular flexibility index (Phi) is 38.2. The second kappa shape index (κ2) is 38.7. The smallest absolute Gasteiger partial charge is 0.268 e. The van der Waals surface area contributed by atoms with E-state index < -0.39 is 20.0 Å². The second-order valence-electron chi connectivity index (χ2n) is 17.5. The molecule has 0 saturated carbocycles. The molecule has 55 heavy (non-hydrogen) atoms. The molecule has 8 nitrogen and oxygen atoms in total. The van der Waals surface area contributed by atoms with Crippen molar-refractivity contribution in [2.45, 2.75) is 238 Å². The van der Waals surface area contributed by atoms with E-state index in [9.17, 15) is 19.4 Å². The van der Waals surface area contributed by atoms with E-state index in [1.165, 1.54) is 161 Å². The number of carbonyl (C=O) groups is 1. The average Bonchev–Trinajstić information content (AvgIpc) is 3.13. The Balaban J connectivity index is 4.28. The van der Waals surface area contributed by atoms with Gasteiger partial charge in [-0.15, -0.1) is 0 Å². The molecule has 0 spiro atoms. The highest BCUT2D eigenvalue weighted by Gasteiger charge is 2.24. The van der Waals surface area contributed by atoms with Gasteiger partial charge in [-0.25, -0.2) is 0 Å². The predicted octanol–water partition coefficient (Wildman–Crippen LogP) is 12.5. The summed E-state index contributed by atoms with van der Waals surface area (Å²) in [5.41, 5.74) is 0. The number of rotatable bonds is 43. The summed E-state index contributed by atoms with van der Waals surface area (Å²) in [7, 11) is 1.31. The Morgan fingerprint density at radius 1 is 0.618 bits per heavy atom. The quantitative estimate of drug-likeness (QED) is 0.0275. The summed E-state index contributed by atoms with van der Waals surface area (Å²) < 4.78 is 23.3. The number of nitrogens with one attached hydrogen (secondary N) is 1. The lowest BCUT2D eigenvalue weighted by molar-refractivity contribution is -0.870. The number of quaternary nitrogens is 1. The molecule has 0 aromatic rings. The van der Waals surface area contributed by atoms with Gasteiger partial charge in [0.2, 0.25) is 5.91 Å². The number of aliphatic hydroxyl groups excluding tert-OH is 1. The molecule has 328 valence electrons. The van der Waals surface area contributed by atoms with E-state index in [1.54, 1.807) is 0 Å². The maximum atomic E-state index is 12.9. The molecule has 0 aliphatic heterocycles. The van der Waals surface area contributed by atoms with Gasteiger partial charge in [-0.3, -0.25) is 9.36 Å². The zero-order valence-corrected chi connectivity index (χ0v) is 38.0. The number of phosphoric acid groups is 1. The SMILES string of the molecule is CCCCCCCCCCC/C=C\CCCCCCCCCC(=O)NC(COP(=O)([O-])OCC[N+](C)(C)C)C(O)CCCCCCCCCCCCCCC. The third kappa shape index (κ3) is 41.2. The summed E-state index contributed by atoms with van der Waals surface area (Å²) >= 11 is 0. The molecule has 0 rings (SSSR count). The fourth-order valence-electron chi connectivity index (χ4n) is 6.98. The van der Waals surface area contributed by atoms with Crippen molar-refractivity contribution >= 4 is 13.7 Å². The first-order valence-electron chi connectivity index (χ1n) is 23.5. The third-order valence-electron chi connectivity index (χ3n) is 10.8. The highest BCUT2D eigenvalue weighted by molar-refractivity contribution is 7.45. The summed E-state index contributed by atoms with van der Waals surface area (Å²) in [5, 5.41) is 13.9. The van der Waals surface area contributed by atoms with E-state index in [4.69, 9.17) is 9.05 Å². The number of likely N-dealkylation sites (N-methyl/N-ethyl adjacent to an activating group) is 1. The van der Waals surface area contributed by atoms with Gasteiger partial charge < -0.3 is 28.8 Å². The van der Waals surface area contributed by atoms with Gasteiger partial charge in [-0.05, 0) is 38.5 Å². The number of nitrogens with zero attached hydrogens (tertiary/aromatic N) is 1. The van der Waals surface area contributed by atoms with Gasteiger partial charge in [0, 0.05) is 6.42 Å². The van der Waals surface area contributed by atoms with E-state index in [0.29, 0.717) is 23.9 Å². The Labute approximate surface area is 342 Å². The van der Waals surface area contributed by atoms with E-state index >= 15 is 0 Å². The fraction of sp³-hybridized carbons (Fsp3) is 0.935. The summed E-state index contributed by atoms with van der Waals surface area (Å²) in [6.07, 6.45) is 43.5. The number of aliphatic hydroxyl groups is 1. The summed E-state index contributed by atoms with van der Waals surface area (Å²) in [6.45, 7) is 4.73. The van der Waals surface area contributed by atoms with Gasteiger partial charge >= 0.3 is 0 Å². The first-order chi connectivity index (χ1) is 26.5. The molecule has 0 bridgehead atoms. The van der Waals surface area contributed by atoms with Crippen LogP contribution in [-0.2, 0) is 18.4 Å². The van der Waals surface area contributed by atoms with Crippen LogP contribution in [0.1, 0.15) is 226 Å². The largest absolute Gasteiger partial charge is 0.756 e. The number of phosphoric ester groups is 1. The van der Waals surface area contributed by atoms with Crippen molar-refractivity contribution in [3.63, 3.8) is 0 Å². The van der Waals surface area contributed by atoms with Crippen LogP contribution in [0.2, 0.25) is 0 Å². The standard InChI is InChI=1S/C46H93N2O6P/c1-6-8-10-12-14-16-18-20-21-22-23-24-25-26-28-30-32-34-36-38-40-46(50)47-44(43-54-55(51,52)53-42-41-48(3,4)5)45(49)39-37-35-33-31-29-27-19-17-15-13-11-9-7-2/h23-24,44-45,49H,6-22,25-43H2,1-5H3,(H-,47,50,51,52)/b24-23-. The van der Waals surface area contributed by atoms with Gasteiger partial charge in [-0.2, -0.15) is 0 Å². The lowest BCUT2D eigenvalue weighted by Crippen LogP contribution is -2.46. The van der Waals surface area contributed by atoms with Crippen molar-refractivity contribution in [2.75, 3.05) is 40.9 Å². The molecule has 0 fully saturated rings. The minimum absolute atomic E-state index is 0.0132. The molecule has 0 aliphatic carbocycles. The normalized spacial score (nSPS) is 14.4. The van der Waals surface area contributed by atoms with Crippen LogP contribution in [0, 0.1) is 0 Å². The molecule has 0 saturated heterocycles. The summed E-state index contributed by atoms with van der Waals surface area (Å²) in [6, 6.07) is -0.798. The maximum absolute atomic E-state index is 12.9. The van der Waals surface area contributed by atoms with Crippen LogP contribution in [-0.4, -0.2) is 68.5 Å². The summed E-state index contributed by atoms with van der Waals surface area (Å²) in [5.74, 6) is -0.168. The Bertz CT molecular complexity index is 911. The number of hydrogen-bond acceptors (Lipinski definition) is 6. The molecule has 3 atom stereocenters. The number of carbonyl (C=O) groups excluding carboxylic acids is 1. The number of hydrogen-bond donors (Lipinski definition) is 2. The minimum atomic E-state index is -4.56. The lowest BCUT2D eigenvalue weighted by Gasteiger charge is -2.30. The first kappa shape index (κ1) is 54.2. The van der Waals surface area contributed by atoms with E-state index in [1.807, 2.05) is 21.1 Å². The van der Waals surface area contributed by atoms with Gasteiger partial charge in [0.25, 0.3) is 7.82 Å². The molecule has 0 aliphatic rings. The lowest BCUT2D eigenvalue weighted by atomic mass is 10.0. The molecule has 1 amide bonds. The second-order valence-corrected chi connectivity index (χ2v) is 18.9. The van der Waals surface area contributed by atoms with Gasteiger partial charge in [0.1, 0.15) is 13.2 Å². The van der Waals surface area contributed by atoms with Crippen molar-refractivity contribution < 1.29 is 32.9 Å². The summed E-state index contributed by atoms with van der Waals surface area (Å²) in [4.78, 5) is 25.3. The Morgan fingerprint density at radius 3 is 1.42 bits per heavy atom. The van der Waals surface area contributed by atoms with Gasteiger partial charge in [0.05, 0.1) is 39.9 Å². The van der Waals surface area contributed by atoms with E-state index in [-0.39, 0.29) is 19.1 Å². The zero-order valence-electron chi connectivity index (χ0n) is 37.1. The first-order valence-corrected chi connectivity index (χ1v) is 25.0. The number of unbranched alkanes of at least 4 members (excludes halogenated alkanes) is 28. The van der Waals surface area contributed by atoms with Crippen LogP contribution in [0.4, 0.5) is 0 Å². The molecular weight excluding hydrogens is 707 g/mol. The predicted molar refractivity (Wildman–Crippen MR) is 233 cm³/mol. The molecule has 0 aromatic carbocycles. The van der Waals surface area contributed by atoms with Crippen molar-refractivity contribution in [3.8, 4) is 0 Å². The van der Waals surface area contributed by atoms with Crippen LogP contribution in [0.15, 0.2) is 12.2 Å². The third-order valence-corrected chi connectivity index (χ3v) is 11.7. The van der Waals surface area contributed by atoms with Crippen LogP contribution >= 0.6 is 7.82 Å². The average molecular weight is 801 g/mol.